The summed E-state index contributed by atoms with van der Waals surface area (Å²) in [5.74, 6) is 0. The highest BCUT2D eigenvalue weighted by atomic mass is 14.8. The molecule has 3 heteroatoms. The van der Waals surface area contributed by atoms with E-state index in [2.05, 4.69) is 132 Å². The van der Waals surface area contributed by atoms with Crippen molar-refractivity contribution in [2.24, 2.45) is 0 Å². The van der Waals surface area contributed by atoms with Gasteiger partial charge in [-0.15, -0.1) is 0 Å². The Morgan fingerprint density at radius 1 is 0.385 bits per heavy atom. The quantitative estimate of drug-likeness (QED) is 0.172. The number of fused-ring (bicyclic) bond motifs is 4. The Morgan fingerprint density at radius 2 is 0.962 bits per heavy atom. The van der Waals surface area contributed by atoms with E-state index >= 15 is 0 Å². The van der Waals surface area contributed by atoms with E-state index in [1.807, 2.05) is 48.7 Å². The number of benzene rings is 7. The van der Waals surface area contributed by atoms with E-state index in [0.717, 1.165) is 33.8 Å². The van der Waals surface area contributed by atoms with Gasteiger partial charge in [-0.1, -0.05) is 146 Å². The molecule has 3 nitrogen and oxygen atoms in total. The third kappa shape index (κ3) is 4.66. The third-order valence-corrected chi connectivity index (χ3v) is 10.3. The maximum absolute atomic E-state index is 7.40. The third-order valence-electron chi connectivity index (χ3n) is 10.3. The van der Waals surface area contributed by atoms with Crippen LogP contribution in [-0.4, -0.2) is 9.97 Å². The Kier molecular flexibility index (Phi) is 6.87. The van der Waals surface area contributed by atoms with Gasteiger partial charge in [0, 0.05) is 11.8 Å². The molecule has 0 amide bonds. The molecule has 0 N–H and O–H groups in total. The van der Waals surface area contributed by atoms with Gasteiger partial charge in [0.15, 0.2) is 5.69 Å². The fraction of sp³-hybridized carbons (Fsp3) is 0. The Morgan fingerprint density at radius 3 is 1.63 bits per heavy atom. The van der Waals surface area contributed by atoms with Crippen LogP contribution in [0.5, 0.6) is 0 Å². The summed E-state index contributed by atoms with van der Waals surface area (Å²) in [4.78, 5) is 13.4. The lowest BCUT2D eigenvalue weighted by molar-refractivity contribution is 1.25. The van der Waals surface area contributed by atoms with Crippen LogP contribution in [0.25, 0.3) is 105 Å². The molecule has 2 heterocycles. The highest BCUT2D eigenvalue weighted by Crippen LogP contribution is 2.58. The smallest absolute Gasteiger partial charge is 0.187 e. The van der Waals surface area contributed by atoms with Crippen LogP contribution in [0, 0.1) is 6.57 Å². The summed E-state index contributed by atoms with van der Waals surface area (Å²) in [6, 6.07) is 59.6. The summed E-state index contributed by atoms with van der Waals surface area (Å²) >= 11 is 0. The standard InChI is InChI=1S/C49H29N3/c1-50-35-18-10-17-33(29-35)42-23-12-24-44(52-42)43-28-25-34(30-51-43)36-26-27-41-47-37(36)21-11-22-40(47)48-45(31-13-4-2-5-14-31)38-19-8-9-20-39(38)46(49(41)48)32-15-6-3-7-16-32/h2-30H. The van der Waals surface area contributed by atoms with Crippen LogP contribution in [0.15, 0.2) is 176 Å². The van der Waals surface area contributed by atoms with Crippen molar-refractivity contribution in [1.82, 2.24) is 9.97 Å². The van der Waals surface area contributed by atoms with E-state index < -0.39 is 0 Å². The minimum atomic E-state index is 0.599. The first-order chi connectivity index (χ1) is 25.8. The van der Waals surface area contributed by atoms with Gasteiger partial charge in [0.1, 0.15) is 0 Å². The van der Waals surface area contributed by atoms with E-state index in [-0.39, 0.29) is 0 Å². The van der Waals surface area contributed by atoms with Crippen molar-refractivity contribution in [3.8, 4) is 78.3 Å². The highest BCUT2D eigenvalue weighted by molar-refractivity contribution is 6.28. The molecule has 0 spiro atoms. The second-order valence-corrected chi connectivity index (χ2v) is 13.2. The summed E-state index contributed by atoms with van der Waals surface area (Å²) in [6.07, 6.45) is 1.97. The van der Waals surface area contributed by atoms with E-state index in [1.54, 1.807) is 0 Å². The first-order valence-electron chi connectivity index (χ1n) is 17.4. The SMILES string of the molecule is [C-]#[N+]c1cccc(-c2cccc(-c3ccc(-c4ccc5c6c(cccc46)-c4c-5c(-c5ccccc5)c5ccccc5c4-c4ccccc4)cn3)n2)c1. The average molecular weight is 660 g/mol. The molecule has 1 aliphatic rings. The molecule has 10 rings (SSSR count). The van der Waals surface area contributed by atoms with Crippen LogP contribution in [-0.2, 0) is 0 Å². The molecule has 0 radical (unpaired) electrons. The molecule has 0 aliphatic heterocycles. The topological polar surface area (TPSA) is 30.1 Å². The van der Waals surface area contributed by atoms with Gasteiger partial charge in [0.2, 0.25) is 0 Å². The number of rotatable bonds is 5. The Bertz CT molecular complexity index is 2790. The molecule has 2 aromatic heterocycles. The second-order valence-electron chi connectivity index (χ2n) is 13.2. The second kappa shape index (κ2) is 12.0. The molecule has 0 fully saturated rings. The molecule has 0 saturated carbocycles. The maximum atomic E-state index is 7.40. The maximum Gasteiger partial charge on any atom is 0.187 e. The predicted molar refractivity (Wildman–Crippen MR) is 215 cm³/mol. The van der Waals surface area contributed by atoms with Crippen molar-refractivity contribution < 1.29 is 0 Å². The summed E-state index contributed by atoms with van der Waals surface area (Å²) in [7, 11) is 0. The summed E-state index contributed by atoms with van der Waals surface area (Å²) in [5, 5.41) is 5.00. The molecular weight excluding hydrogens is 631 g/mol. The van der Waals surface area contributed by atoms with Crippen LogP contribution >= 0.6 is 0 Å². The number of nitrogens with zero attached hydrogens (tertiary/aromatic N) is 3. The zero-order chi connectivity index (χ0) is 34.6. The molecule has 0 atom stereocenters. The largest absolute Gasteiger partial charge is 0.254 e. The van der Waals surface area contributed by atoms with Gasteiger partial charge in [0.05, 0.1) is 23.7 Å². The first-order valence-corrected chi connectivity index (χ1v) is 17.4. The lowest BCUT2D eigenvalue weighted by atomic mass is 9.82. The lowest BCUT2D eigenvalue weighted by Gasteiger charge is -2.20. The molecule has 7 aromatic carbocycles. The van der Waals surface area contributed by atoms with Gasteiger partial charge in [-0.3, -0.25) is 4.98 Å². The van der Waals surface area contributed by atoms with E-state index in [9.17, 15) is 0 Å². The zero-order valence-corrected chi connectivity index (χ0v) is 28.1. The molecule has 240 valence electrons. The van der Waals surface area contributed by atoms with Gasteiger partial charge >= 0.3 is 0 Å². The van der Waals surface area contributed by atoms with Crippen LogP contribution in [0.1, 0.15) is 0 Å². The van der Waals surface area contributed by atoms with Crippen molar-refractivity contribution in [3.05, 3.63) is 187 Å². The molecule has 0 bridgehead atoms. The molecule has 0 unspecified atom stereocenters. The normalized spacial score (nSPS) is 11.4. The van der Waals surface area contributed by atoms with Gasteiger partial charge in [-0.25, -0.2) is 9.83 Å². The minimum Gasteiger partial charge on any atom is -0.254 e. The van der Waals surface area contributed by atoms with Crippen molar-refractivity contribution in [1.29, 1.82) is 0 Å². The van der Waals surface area contributed by atoms with Crippen LogP contribution < -0.4 is 0 Å². The fourth-order valence-electron chi connectivity index (χ4n) is 8.04. The average Bonchev–Trinajstić information content (AvgIpc) is 3.55. The number of hydrogen-bond donors (Lipinski definition) is 0. The van der Waals surface area contributed by atoms with Gasteiger partial charge < -0.3 is 0 Å². The minimum absolute atomic E-state index is 0.599. The molecular formula is C49H29N3. The Hall–Kier alpha value is -7.15. The van der Waals surface area contributed by atoms with E-state index in [4.69, 9.17) is 16.5 Å². The lowest BCUT2D eigenvalue weighted by Crippen LogP contribution is -1.93. The zero-order valence-electron chi connectivity index (χ0n) is 28.1. The van der Waals surface area contributed by atoms with Crippen molar-refractivity contribution in [3.63, 3.8) is 0 Å². The van der Waals surface area contributed by atoms with Gasteiger partial charge in [-0.2, -0.15) is 0 Å². The van der Waals surface area contributed by atoms with E-state index in [0.29, 0.717) is 5.69 Å². The van der Waals surface area contributed by atoms with E-state index in [1.165, 1.54) is 66.1 Å². The van der Waals surface area contributed by atoms with Gasteiger partial charge in [0.25, 0.3) is 0 Å². The Balaban J connectivity index is 1.15. The first kappa shape index (κ1) is 29.7. The molecule has 0 saturated heterocycles. The van der Waals surface area contributed by atoms with Crippen molar-refractivity contribution in [2.75, 3.05) is 0 Å². The molecule has 9 aromatic rings. The molecule has 52 heavy (non-hydrogen) atoms. The van der Waals surface area contributed by atoms with Crippen LogP contribution in [0.4, 0.5) is 5.69 Å². The number of pyridine rings is 2. The molecule has 1 aliphatic carbocycles. The summed E-state index contributed by atoms with van der Waals surface area (Å²) in [5.41, 5.74) is 16.2. The van der Waals surface area contributed by atoms with Gasteiger partial charge in [-0.05, 0) is 101 Å². The number of hydrogen-bond acceptors (Lipinski definition) is 2. The number of aromatic nitrogens is 2. The van der Waals surface area contributed by atoms with Crippen molar-refractivity contribution >= 4 is 27.2 Å². The fourth-order valence-corrected chi connectivity index (χ4v) is 8.04. The highest BCUT2D eigenvalue weighted by Gasteiger charge is 2.31. The monoisotopic (exact) mass is 659 g/mol. The van der Waals surface area contributed by atoms with Crippen molar-refractivity contribution in [2.45, 2.75) is 0 Å². The summed E-state index contributed by atoms with van der Waals surface area (Å²) < 4.78 is 0. The Labute approximate surface area is 302 Å². The van der Waals surface area contributed by atoms with Crippen LogP contribution in [0.3, 0.4) is 0 Å². The summed E-state index contributed by atoms with van der Waals surface area (Å²) in [6.45, 7) is 7.40. The predicted octanol–water partition coefficient (Wildman–Crippen LogP) is 13.3. The van der Waals surface area contributed by atoms with Crippen LogP contribution in [0.2, 0.25) is 0 Å².